The van der Waals surface area contributed by atoms with Gasteiger partial charge in [-0.2, -0.15) is 0 Å². The molecule has 2 heterocycles. The Morgan fingerprint density at radius 3 is 2.89 bits per heavy atom. The van der Waals surface area contributed by atoms with Crippen molar-refractivity contribution in [3.63, 3.8) is 0 Å². The van der Waals surface area contributed by atoms with E-state index in [1.807, 2.05) is 0 Å². The zero-order valence-corrected chi connectivity index (χ0v) is 17.5. The number of ether oxygens (including phenoxy) is 1. The first-order valence-corrected chi connectivity index (χ1v) is 11.0. The second-order valence-corrected chi connectivity index (χ2v) is 8.50. The smallest absolute Gasteiger partial charge is 0.220 e. The molecular formula is C23H37N3O2. The fraction of sp³-hybridized carbons (Fsp3) is 0.696. The van der Waals surface area contributed by atoms with Crippen LogP contribution in [0.25, 0.3) is 0 Å². The van der Waals surface area contributed by atoms with Crippen molar-refractivity contribution in [3.05, 3.63) is 35.9 Å². The SMILES string of the molecule is CCC(NC(=O)CC(C)C1CCCNC1)C1CN(Cc2ccccc2)CCO1. The minimum Gasteiger partial charge on any atom is -0.373 e. The van der Waals surface area contributed by atoms with Crippen LogP contribution in [0.1, 0.15) is 45.1 Å². The van der Waals surface area contributed by atoms with Crippen molar-refractivity contribution in [2.75, 3.05) is 32.8 Å². The number of nitrogens with one attached hydrogen (secondary N) is 2. The maximum Gasteiger partial charge on any atom is 0.220 e. The predicted molar refractivity (Wildman–Crippen MR) is 113 cm³/mol. The average molecular weight is 388 g/mol. The Morgan fingerprint density at radius 1 is 1.36 bits per heavy atom. The van der Waals surface area contributed by atoms with Crippen LogP contribution in [0.3, 0.4) is 0 Å². The summed E-state index contributed by atoms with van der Waals surface area (Å²) in [4.78, 5) is 15.1. The summed E-state index contributed by atoms with van der Waals surface area (Å²) in [6.07, 6.45) is 4.04. The average Bonchev–Trinajstić information content (AvgIpc) is 2.73. The summed E-state index contributed by atoms with van der Waals surface area (Å²) in [5, 5.41) is 6.74. The van der Waals surface area contributed by atoms with E-state index in [0.717, 1.165) is 45.8 Å². The number of hydrogen-bond donors (Lipinski definition) is 2. The largest absolute Gasteiger partial charge is 0.373 e. The summed E-state index contributed by atoms with van der Waals surface area (Å²) in [5.74, 6) is 1.22. The lowest BCUT2D eigenvalue weighted by atomic mass is 9.85. The first-order valence-electron chi connectivity index (χ1n) is 11.0. The Hall–Kier alpha value is -1.43. The normalized spacial score (nSPS) is 25.8. The molecule has 3 rings (SSSR count). The zero-order valence-electron chi connectivity index (χ0n) is 17.5. The van der Waals surface area contributed by atoms with Gasteiger partial charge in [0.25, 0.3) is 0 Å². The number of carbonyl (C=O) groups is 1. The molecular weight excluding hydrogens is 350 g/mol. The highest BCUT2D eigenvalue weighted by molar-refractivity contribution is 5.76. The summed E-state index contributed by atoms with van der Waals surface area (Å²) >= 11 is 0. The third kappa shape index (κ3) is 6.29. The molecule has 5 nitrogen and oxygen atoms in total. The first-order chi connectivity index (χ1) is 13.7. The number of benzene rings is 1. The highest BCUT2D eigenvalue weighted by atomic mass is 16.5. The highest BCUT2D eigenvalue weighted by Crippen LogP contribution is 2.23. The summed E-state index contributed by atoms with van der Waals surface area (Å²) in [7, 11) is 0. The first kappa shape index (κ1) is 21.3. The van der Waals surface area contributed by atoms with E-state index in [-0.39, 0.29) is 18.1 Å². The molecule has 2 N–H and O–H groups in total. The van der Waals surface area contributed by atoms with Crippen molar-refractivity contribution in [3.8, 4) is 0 Å². The summed E-state index contributed by atoms with van der Waals surface area (Å²) in [6, 6.07) is 10.7. The lowest BCUT2D eigenvalue weighted by molar-refractivity contribution is -0.125. The number of nitrogens with zero attached hydrogens (tertiary/aromatic N) is 1. The second kappa shape index (κ2) is 10.9. The maximum atomic E-state index is 12.7. The van der Waals surface area contributed by atoms with Gasteiger partial charge in [0.05, 0.1) is 18.8 Å². The molecule has 0 aliphatic carbocycles. The maximum absolute atomic E-state index is 12.7. The third-order valence-electron chi connectivity index (χ3n) is 6.31. The summed E-state index contributed by atoms with van der Waals surface area (Å²) in [5.41, 5.74) is 1.33. The van der Waals surface area contributed by atoms with Crippen molar-refractivity contribution < 1.29 is 9.53 Å². The molecule has 4 atom stereocenters. The molecule has 5 heteroatoms. The van der Waals surface area contributed by atoms with Crippen LogP contribution in [-0.2, 0) is 16.1 Å². The van der Waals surface area contributed by atoms with Gasteiger partial charge in [0.2, 0.25) is 5.91 Å². The molecule has 2 fully saturated rings. The minimum atomic E-state index is 0.0677. The Balaban J connectivity index is 1.48. The van der Waals surface area contributed by atoms with Gasteiger partial charge in [0.15, 0.2) is 0 Å². The second-order valence-electron chi connectivity index (χ2n) is 8.50. The monoisotopic (exact) mass is 387 g/mol. The van der Waals surface area contributed by atoms with Crippen LogP contribution < -0.4 is 10.6 Å². The van der Waals surface area contributed by atoms with Crippen LogP contribution in [0, 0.1) is 11.8 Å². The number of amides is 1. The van der Waals surface area contributed by atoms with E-state index in [1.165, 1.54) is 18.4 Å². The topological polar surface area (TPSA) is 53.6 Å². The highest BCUT2D eigenvalue weighted by Gasteiger charge is 2.29. The number of morpholine rings is 1. The van der Waals surface area contributed by atoms with Gasteiger partial charge in [0.1, 0.15) is 0 Å². The van der Waals surface area contributed by atoms with Crippen molar-refractivity contribution >= 4 is 5.91 Å². The minimum absolute atomic E-state index is 0.0677. The molecule has 1 aromatic carbocycles. The van der Waals surface area contributed by atoms with E-state index in [1.54, 1.807) is 0 Å². The molecule has 2 aliphatic heterocycles. The lowest BCUT2D eigenvalue weighted by Gasteiger charge is -2.37. The molecule has 0 radical (unpaired) electrons. The number of piperidine rings is 1. The van der Waals surface area contributed by atoms with Gasteiger partial charge >= 0.3 is 0 Å². The summed E-state index contributed by atoms with van der Waals surface area (Å²) < 4.78 is 6.05. The van der Waals surface area contributed by atoms with E-state index >= 15 is 0 Å². The van der Waals surface area contributed by atoms with Crippen LogP contribution in [0.15, 0.2) is 30.3 Å². The molecule has 28 heavy (non-hydrogen) atoms. The van der Waals surface area contributed by atoms with Gasteiger partial charge in [-0.05, 0) is 49.8 Å². The van der Waals surface area contributed by atoms with E-state index < -0.39 is 0 Å². The Kier molecular flexibility index (Phi) is 8.31. The Bertz CT molecular complexity index is 589. The molecule has 2 aliphatic rings. The van der Waals surface area contributed by atoms with Crippen LogP contribution in [-0.4, -0.2) is 55.7 Å². The standard InChI is InChI=1S/C23H37N3O2/c1-3-21(25-23(27)14-18(2)20-10-7-11-24-15-20)22-17-26(12-13-28-22)16-19-8-5-4-6-9-19/h4-6,8-9,18,20-22,24H,3,7,10-17H2,1-2H3,(H,25,27). The van der Waals surface area contributed by atoms with Crippen LogP contribution in [0.5, 0.6) is 0 Å². The van der Waals surface area contributed by atoms with Crippen molar-refractivity contribution in [1.29, 1.82) is 0 Å². The summed E-state index contributed by atoms with van der Waals surface area (Å²) in [6.45, 7) is 10.0. The van der Waals surface area contributed by atoms with Gasteiger partial charge < -0.3 is 15.4 Å². The Morgan fingerprint density at radius 2 is 2.18 bits per heavy atom. The van der Waals surface area contributed by atoms with Crippen molar-refractivity contribution in [1.82, 2.24) is 15.5 Å². The van der Waals surface area contributed by atoms with Crippen molar-refractivity contribution in [2.45, 2.75) is 58.2 Å². The molecule has 0 spiro atoms. The predicted octanol–water partition coefficient (Wildman–Crippen LogP) is 2.81. The molecule has 1 aromatic rings. The zero-order chi connectivity index (χ0) is 19.8. The van der Waals surface area contributed by atoms with Gasteiger partial charge in [-0.1, -0.05) is 44.2 Å². The van der Waals surface area contributed by atoms with Gasteiger partial charge in [-0.15, -0.1) is 0 Å². The molecule has 4 unspecified atom stereocenters. The van der Waals surface area contributed by atoms with Gasteiger partial charge in [0, 0.05) is 26.1 Å². The molecule has 2 saturated heterocycles. The van der Waals surface area contributed by atoms with E-state index in [0.29, 0.717) is 18.3 Å². The van der Waals surface area contributed by atoms with Crippen molar-refractivity contribution in [2.24, 2.45) is 11.8 Å². The van der Waals surface area contributed by atoms with E-state index in [4.69, 9.17) is 4.74 Å². The molecule has 1 amide bonds. The van der Waals surface area contributed by atoms with Crippen LogP contribution >= 0.6 is 0 Å². The number of hydrogen-bond acceptors (Lipinski definition) is 4. The quantitative estimate of drug-likeness (QED) is 0.720. The molecule has 0 bridgehead atoms. The number of rotatable bonds is 8. The van der Waals surface area contributed by atoms with Crippen LogP contribution in [0.4, 0.5) is 0 Å². The molecule has 156 valence electrons. The van der Waals surface area contributed by atoms with Gasteiger partial charge in [-0.25, -0.2) is 0 Å². The fourth-order valence-corrected chi connectivity index (χ4v) is 4.51. The molecule has 0 saturated carbocycles. The third-order valence-corrected chi connectivity index (χ3v) is 6.31. The lowest BCUT2D eigenvalue weighted by Crippen LogP contribution is -2.53. The van der Waals surface area contributed by atoms with E-state index in [9.17, 15) is 4.79 Å². The fourth-order valence-electron chi connectivity index (χ4n) is 4.51. The van der Waals surface area contributed by atoms with E-state index in [2.05, 4.69) is 59.7 Å². The van der Waals surface area contributed by atoms with Gasteiger partial charge in [-0.3, -0.25) is 9.69 Å². The molecule has 0 aromatic heterocycles. The van der Waals surface area contributed by atoms with Crippen LogP contribution in [0.2, 0.25) is 0 Å². The number of carbonyl (C=O) groups excluding carboxylic acids is 1. The Labute approximate surface area is 170 Å².